The molecule has 0 bridgehead atoms. The zero-order chi connectivity index (χ0) is 23.2. The van der Waals surface area contributed by atoms with Gasteiger partial charge in [0, 0.05) is 12.4 Å². The summed E-state index contributed by atoms with van der Waals surface area (Å²) >= 11 is 0. The van der Waals surface area contributed by atoms with Crippen LogP contribution in [-0.2, 0) is 6.42 Å². The van der Waals surface area contributed by atoms with Gasteiger partial charge in [-0.2, -0.15) is 0 Å². The first-order valence-electron chi connectivity index (χ1n) is 13.1. The van der Waals surface area contributed by atoms with Crippen LogP contribution in [0, 0.1) is 38.4 Å². The van der Waals surface area contributed by atoms with Crippen molar-refractivity contribution in [2.45, 2.75) is 112 Å². The van der Waals surface area contributed by atoms with Crippen molar-refractivity contribution in [3.05, 3.63) is 30.1 Å². The molecule has 9 atom stereocenters. The van der Waals surface area contributed by atoms with Crippen molar-refractivity contribution in [1.29, 1.82) is 0 Å². The molecule has 4 aliphatic carbocycles. The topological polar surface area (TPSA) is 53.4 Å². The van der Waals surface area contributed by atoms with E-state index in [0.29, 0.717) is 5.92 Å². The molecule has 0 aliphatic heterocycles. The molecule has 4 aliphatic rings. The normalized spacial score (nSPS) is 55.1. The zero-order valence-corrected chi connectivity index (χ0v) is 21.2. The molecule has 3 heteroatoms. The van der Waals surface area contributed by atoms with Crippen molar-refractivity contribution in [1.82, 2.24) is 4.98 Å². The van der Waals surface area contributed by atoms with Crippen molar-refractivity contribution < 1.29 is 10.2 Å². The van der Waals surface area contributed by atoms with Crippen molar-refractivity contribution in [2.24, 2.45) is 38.4 Å². The molecule has 0 radical (unpaired) electrons. The second-order valence-corrected chi connectivity index (χ2v) is 13.7. The Morgan fingerprint density at radius 2 is 1.53 bits per heavy atom. The number of hydrogen-bond donors (Lipinski definition) is 2. The van der Waals surface area contributed by atoms with Crippen LogP contribution >= 0.6 is 0 Å². The molecule has 4 fully saturated rings. The number of pyridine rings is 1. The lowest BCUT2D eigenvalue weighted by molar-refractivity contribution is -0.292. The average molecular weight is 440 g/mol. The molecular weight excluding hydrogens is 394 g/mol. The monoisotopic (exact) mass is 439 g/mol. The molecule has 32 heavy (non-hydrogen) atoms. The number of nitrogens with zero attached hydrogens (tertiary/aromatic N) is 1. The lowest BCUT2D eigenvalue weighted by Gasteiger charge is -2.77. The van der Waals surface area contributed by atoms with Gasteiger partial charge in [0.2, 0.25) is 0 Å². The molecule has 4 saturated carbocycles. The summed E-state index contributed by atoms with van der Waals surface area (Å²) in [4.78, 5) is 4.33. The van der Waals surface area contributed by atoms with Gasteiger partial charge in [-0.25, -0.2) is 0 Å². The van der Waals surface area contributed by atoms with Gasteiger partial charge in [-0.15, -0.1) is 0 Å². The van der Waals surface area contributed by atoms with Gasteiger partial charge in [0.05, 0.1) is 12.2 Å². The van der Waals surface area contributed by atoms with Gasteiger partial charge < -0.3 is 10.2 Å². The van der Waals surface area contributed by atoms with E-state index in [1.807, 2.05) is 18.5 Å². The average Bonchev–Trinajstić information content (AvgIpc) is 2.95. The van der Waals surface area contributed by atoms with Crippen LogP contribution in [0.4, 0.5) is 0 Å². The minimum atomic E-state index is -0.261. The first-order valence-corrected chi connectivity index (χ1v) is 13.1. The molecule has 0 amide bonds. The summed E-state index contributed by atoms with van der Waals surface area (Å²) in [5.41, 5.74) is 2.11. The molecule has 0 spiro atoms. The quantitative estimate of drug-likeness (QED) is 0.579. The molecule has 2 N–H and O–H groups in total. The fraction of sp³-hybridized carbons (Fsp3) is 0.828. The highest BCUT2D eigenvalue weighted by molar-refractivity contribution is 5.27. The number of hydrogen-bond acceptors (Lipinski definition) is 3. The fourth-order valence-corrected chi connectivity index (χ4v) is 10.3. The minimum absolute atomic E-state index is 0.0492. The third-order valence-corrected chi connectivity index (χ3v) is 13.2. The third kappa shape index (κ3) is 2.48. The smallest absolute Gasteiger partial charge is 0.0630 e. The highest BCUT2D eigenvalue weighted by Crippen LogP contribution is 2.83. The van der Waals surface area contributed by atoms with Gasteiger partial charge in [0.15, 0.2) is 0 Å². The number of fused-ring (bicyclic) bond motifs is 5. The Morgan fingerprint density at radius 1 is 0.844 bits per heavy atom. The Labute approximate surface area is 195 Å². The Kier molecular flexibility index (Phi) is 4.86. The largest absolute Gasteiger partial charge is 0.393 e. The summed E-state index contributed by atoms with van der Waals surface area (Å²) in [6, 6.07) is 4.18. The Balaban J connectivity index is 1.56. The summed E-state index contributed by atoms with van der Waals surface area (Å²) in [6.45, 7) is 15.2. The molecule has 1 heterocycles. The van der Waals surface area contributed by atoms with E-state index >= 15 is 0 Å². The van der Waals surface area contributed by atoms with E-state index in [1.165, 1.54) is 24.8 Å². The van der Waals surface area contributed by atoms with Gasteiger partial charge in [-0.3, -0.25) is 4.98 Å². The van der Waals surface area contributed by atoms with Gasteiger partial charge in [-0.1, -0.05) is 47.6 Å². The maximum Gasteiger partial charge on any atom is 0.0630 e. The van der Waals surface area contributed by atoms with Crippen LogP contribution in [0.2, 0.25) is 0 Å². The highest BCUT2D eigenvalue weighted by Gasteiger charge is 2.77. The van der Waals surface area contributed by atoms with Crippen LogP contribution in [-0.4, -0.2) is 27.4 Å². The van der Waals surface area contributed by atoms with Crippen LogP contribution in [0.3, 0.4) is 0 Å². The Bertz CT molecular complexity index is 888. The van der Waals surface area contributed by atoms with E-state index in [-0.39, 0.29) is 44.7 Å². The van der Waals surface area contributed by atoms with Crippen LogP contribution in [0.15, 0.2) is 24.5 Å². The first kappa shape index (κ1) is 22.8. The zero-order valence-electron chi connectivity index (χ0n) is 21.2. The molecular formula is C29H45NO2. The summed E-state index contributed by atoms with van der Waals surface area (Å²) < 4.78 is 0. The van der Waals surface area contributed by atoms with Gasteiger partial charge in [0.1, 0.15) is 0 Å². The maximum absolute atomic E-state index is 11.8. The van der Waals surface area contributed by atoms with Crippen LogP contribution in [0.5, 0.6) is 0 Å². The van der Waals surface area contributed by atoms with Crippen LogP contribution < -0.4 is 0 Å². The number of aliphatic hydroxyl groups is 2. The first-order chi connectivity index (χ1) is 14.9. The molecule has 0 unspecified atom stereocenters. The SMILES string of the molecule is C[C@@]12CC[C@]3(C)[C@](C)(CC[C@]4(C)[C@@H](O)[C@H](Cc5cccnc5)C[C@@]34C)[C@@]1(C)CC[C@H](O)C2. The van der Waals surface area contributed by atoms with Gasteiger partial charge in [-0.05, 0) is 108 Å². The predicted molar refractivity (Wildman–Crippen MR) is 129 cm³/mol. The van der Waals surface area contributed by atoms with Crippen molar-refractivity contribution in [3.8, 4) is 0 Å². The van der Waals surface area contributed by atoms with Gasteiger partial charge in [0.25, 0.3) is 0 Å². The highest BCUT2D eigenvalue weighted by atomic mass is 16.3. The number of aromatic nitrogens is 1. The molecule has 0 saturated heterocycles. The van der Waals surface area contributed by atoms with Crippen LogP contribution in [0.1, 0.15) is 98.5 Å². The Hall–Kier alpha value is -0.930. The van der Waals surface area contributed by atoms with Gasteiger partial charge >= 0.3 is 0 Å². The van der Waals surface area contributed by atoms with Crippen molar-refractivity contribution in [3.63, 3.8) is 0 Å². The Morgan fingerprint density at radius 3 is 2.22 bits per heavy atom. The van der Waals surface area contributed by atoms with E-state index < -0.39 is 0 Å². The molecule has 1 aromatic heterocycles. The second-order valence-electron chi connectivity index (χ2n) is 13.7. The fourth-order valence-electron chi connectivity index (χ4n) is 10.3. The van der Waals surface area contributed by atoms with Crippen molar-refractivity contribution in [2.75, 3.05) is 0 Å². The summed E-state index contributed by atoms with van der Waals surface area (Å²) in [7, 11) is 0. The lowest BCUT2D eigenvalue weighted by Crippen LogP contribution is -2.70. The minimum Gasteiger partial charge on any atom is -0.393 e. The second kappa shape index (κ2) is 6.81. The molecule has 5 rings (SSSR count). The van der Waals surface area contributed by atoms with E-state index in [9.17, 15) is 10.2 Å². The maximum atomic E-state index is 11.8. The van der Waals surface area contributed by atoms with E-state index in [0.717, 1.165) is 38.5 Å². The third-order valence-electron chi connectivity index (χ3n) is 13.2. The van der Waals surface area contributed by atoms with E-state index in [2.05, 4.69) is 52.6 Å². The lowest BCUT2D eigenvalue weighted by atomic mass is 9.27. The standard InChI is InChI=1S/C29H45NO2/c1-24-11-13-28(5)27(4,26(24,3)10-9-22(31)18-24)14-12-25(2)23(32)21(17-29(25,28)6)16-20-8-7-15-30-19-20/h7-8,15,19,21-23,31-32H,9-14,16-18H2,1-6H3/t21-,22+,23+,24+,25-,26+,27-,28-,29-/m1/s1. The number of aliphatic hydroxyl groups excluding tert-OH is 2. The summed E-state index contributed by atoms with van der Waals surface area (Å²) in [6.07, 6.45) is 13.2. The van der Waals surface area contributed by atoms with Crippen molar-refractivity contribution >= 4 is 0 Å². The molecule has 1 aromatic rings. The van der Waals surface area contributed by atoms with Crippen LogP contribution in [0.25, 0.3) is 0 Å². The molecule has 0 aromatic carbocycles. The van der Waals surface area contributed by atoms with E-state index in [4.69, 9.17) is 0 Å². The predicted octanol–water partition coefficient (Wildman–Crippen LogP) is 6.18. The summed E-state index contributed by atoms with van der Waals surface area (Å²) in [5, 5.41) is 22.4. The van der Waals surface area contributed by atoms with E-state index in [1.54, 1.807) is 0 Å². The molecule has 178 valence electrons. The molecule has 3 nitrogen and oxygen atoms in total. The number of rotatable bonds is 2. The summed E-state index contributed by atoms with van der Waals surface area (Å²) in [5.74, 6) is 0.294.